The molecule has 0 aromatic heterocycles. The Kier molecular flexibility index (Phi) is 5.19. The summed E-state index contributed by atoms with van der Waals surface area (Å²) in [4.78, 5) is 23.0. The molecule has 19 heavy (non-hydrogen) atoms. The minimum Gasteiger partial charge on any atom is -0.481 e. The number of amides is 1. The summed E-state index contributed by atoms with van der Waals surface area (Å²) in [6, 6.07) is 0. The van der Waals surface area contributed by atoms with Gasteiger partial charge < -0.3 is 15.2 Å². The minimum atomic E-state index is -0.809. The molecule has 2 fully saturated rings. The van der Waals surface area contributed by atoms with E-state index in [1.54, 1.807) is 0 Å². The van der Waals surface area contributed by atoms with Gasteiger partial charge in [-0.25, -0.2) is 0 Å². The lowest BCUT2D eigenvalue weighted by atomic mass is 9.82. The summed E-state index contributed by atoms with van der Waals surface area (Å²) in [5.74, 6) is -0.644. The number of carboxylic acid groups (broad SMARTS) is 1. The fourth-order valence-electron chi connectivity index (χ4n) is 2.83. The van der Waals surface area contributed by atoms with Crippen molar-refractivity contribution in [1.29, 1.82) is 0 Å². The van der Waals surface area contributed by atoms with Crippen molar-refractivity contribution in [3.8, 4) is 0 Å². The molecule has 0 spiro atoms. The van der Waals surface area contributed by atoms with Crippen LogP contribution in [-0.4, -0.2) is 36.7 Å². The zero-order chi connectivity index (χ0) is 13.7. The molecule has 1 unspecified atom stereocenters. The highest BCUT2D eigenvalue weighted by atomic mass is 16.5. The number of hydrogen-bond donors (Lipinski definition) is 2. The van der Waals surface area contributed by atoms with Crippen molar-refractivity contribution in [3.63, 3.8) is 0 Å². The average Bonchev–Trinajstić information content (AvgIpc) is 2.35. The van der Waals surface area contributed by atoms with Gasteiger partial charge in [-0.3, -0.25) is 9.59 Å². The first kappa shape index (κ1) is 14.3. The van der Waals surface area contributed by atoms with Crippen LogP contribution in [0.4, 0.5) is 0 Å². The van der Waals surface area contributed by atoms with Crippen molar-refractivity contribution in [2.45, 2.75) is 38.5 Å². The van der Waals surface area contributed by atoms with E-state index in [9.17, 15) is 14.7 Å². The van der Waals surface area contributed by atoms with E-state index < -0.39 is 11.9 Å². The predicted octanol–water partition coefficient (Wildman–Crippen LogP) is 1.42. The minimum absolute atomic E-state index is 0.00279. The molecule has 1 saturated carbocycles. The van der Waals surface area contributed by atoms with E-state index in [4.69, 9.17) is 4.74 Å². The molecule has 2 rings (SSSR count). The van der Waals surface area contributed by atoms with Gasteiger partial charge in [0.15, 0.2) is 0 Å². The molecular formula is C14H23NO4. The quantitative estimate of drug-likeness (QED) is 0.764. The number of aliphatic carboxylic acids is 1. The summed E-state index contributed by atoms with van der Waals surface area (Å²) >= 11 is 0. The van der Waals surface area contributed by atoms with Gasteiger partial charge in [0.05, 0.1) is 5.92 Å². The number of ether oxygens (including phenoxy) is 1. The van der Waals surface area contributed by atoms with Gasteiger partial charge in [0.25, 0.3) is 0 Å². The predicted molar refractivity (Wildman–Crippen MR) is 69.6 cm³/mol. The third-order valence-corrected chi connectivity index (χ3v) is 4.37. The second-order valence-corrected chi connectivity index (χ2v) is 5.70. The van der Waals surface area contributed by atoms with E-state index in [2.05, 4.69) is 5.32 Å². The lowest BCUT2D eigenvalue weighted by Crippen LogP contribution is -2.39. The van der Waals surface area contributed by atoms with Crippen molar-refractivity contribution in [2.24, 2.45) is 17.8 Å². The van der Waals surface area contributed by atoms with Crippen LogP contribution in [0, 0.1) is 17.8 Å². The maximum Gasteiger partial charge on any atom is 0.308 e. The second kappa shape index (κ2) is 6.89. The Balaban J connectivity index is 1.75. The Morgan fingerprint density at radius 2 is 1.89 bits per heavy atom. The Bertz CT molecular complexity index is 321. The highest BCUT2D eigenvalue weighted by Crippen LogP contribution is 2.29. The maximum absolute atomic E-state index is 11.7. The maximum atomic E-state index is 11.7. The Morgan fingerprint density at radius 3 is 2.42 bits per heavy atom. The zero-order valence-electron chi connectivity index (χ0n) is 11.3. The first-order chi connectivity index (χ1) is 9.16. The summed E-state index contributed by atoms with van der Waals surface area (Å²) in [6.45, 7) is 1.51. The summed E-state index contributed by atoms with van der Waals surface area (Å²) < 4.78 is 5.25. The Morgan fingerprint density at radius 1 is 1.21 bits per heavy atom. The Hall–Kier alpha value is -1.10. The van der Waals surface area contributed by atoms with E-state index in [1.165, 1.54) is 6.42 Å². The van der Waals surface area contributed by atoms with Crippen LogP contribution in [0.2, 0.25) is 0 Å². The van der Waals surface area contributed by atoms with Gasteiger partial charge in [-0.15, -0.1) is 0 Å². The number of hydrogen-bond acceptors (Lipinski definition) is 3. The third kappa shape index (κ3) is 4.20. The zero-order valence-corrected chi connectivity index (χ0v) is 11.3. The fourth-order valence-corrected chi connectivity index (χ4v) is 2.83. The van der Waals surface area contributed by atoms with Crippen LogP contribution in [0.3, 0.4) is 0 Å². The van der Waals surface area contributed by atoms with Crippen LogP contribution >= 0.6 is 0 Å². The normalized spacial score (nSPS) is 22.5. The monoisotopic (exact) mass is 269 g/mol. The van der Waals surface area contributed by atoms with E-state index in [1.807, 2.05) is 0 Å². The third-order valence-electron chi connectivity index (χ3n) is 4.37. The van der Waals surface area contributed by atoms with Gasteiger partial charge in [-0.1, -0.05) is 6.42 Å². The molecule has 5 nitrogen and oxygen atoms in total. The lowest BCUT2D eigenvalue weighted by molar-refractivity contribution is -0.145. The molecule has 0 aromatic rings. The SMILES string of the molecule is O=C(CC1CCC1)NCC(C(=O)O)C1CCOCC1. The lowest BCUT2D eigenvalue weighted by Gasteiger charge is -2.28. The molecule has 1 atom stereocenters. The van der Waals surface area contributed by atoms with Crippen molar-refractivity contribution >= 4 is 11.9 Å². The van der Waals surface area contributed by atoms with Gasteiger partial charge in [-0.05, 0) is 37.5 Å². The van der Waals surface area contributed by atoms with Crippen LogP contribution in [0.15, 0.2) is 0 Å². The van der Waals surface area contributed by atoms with Gasteiger partial charge in [0.1, 0.15) is 0 Å². The van der Waals surface area contributed by atoms with Gasteiger partial charge in [0.2, 0.25) is 5.91 Å². The number of carbonyl (C=O) groups is 2. The number of carbonyl (C=O) groups excluding carboxylic acids is 1. The van der Waals surface area contributed by atoms with E-state index >= 15 is 0 Å². The second-order valence-electron chi connectivity index (χ2n) is 5.70. The van der Waals surface area contributed by atoms with E-state index in [-0.39, 0.29) is 18.4 Å². The first-order valence-corrected chi connectivity index (χ1v) is 7.24. The molecule has 0 radical (unpaired) electrons. The van der Waals surface area contributed by atoms with Crippen LogP contribution in [0.5, 0.6) is 0 Å². The fraction of sp³-hybridized carbons (Fsp3) is 0.857. The molecule has 1 amide bonds. The molecule has 2 N–H and O–H groups in total. The topological polar surface area (TPSA) is 75.6 Å². The van der Waals surface area contributed by atoms with Crippen LogP contribution in [0.25, 0.3) is 0 Å². The van der Waals surface area contributed by atoms with Crippen LogP contribution in [-0.2, 0) is 14.3 Å². The molecule has 108 valence electrons. The molecule has 1 heterocycles. The smallest absolute Gasteiger partial charge is 0.308 e. The number of carboxylic acids is 1. The highest BCUT2D eigenvalue weighted by Gasteiger charge is 2.30. The summed E-state index contributed by atoms with van der Waals surface area (Å²) in [5.41, 5.74) is 0. The average molecular weight is 269 g/mol. The van der Waals surface area contributed by atoms with Gasteiger partial charge in [-0.2, -0.15) is 0 Å². The largest absolute Gasteiger partial charge is 0.481 e. The first-order valence-electron chi connectivity index (χ1n) is 7.24. The summed E-state index contributed by atoms with van der Waals surface area (Å²) in [6.07, 6.45) is 5.59. The molecule has 1 saturated heterocycles. The standard InChI is InChI=1S/C14H23NO4/c16-13(8-10-2-1-3-10)15-9-12(14(17)18)11-4-6-19-7-5-11/h10-12H,1-9H2,(H,15,16)(H,17,18). The van der Waals surface area contributed by atoms with Crippen LogP contribution < -0.4 is 5.32 Å². The Labute approximate surface area is 113 Å². The van der Waals surface area contributed by atoms with Crippen molar-refractivity contribution < 1.29 is 19.4 Å². The van der Waals surface area contributed by atoms with Gasteiger partial charge >= 0.3 is 5.97 Å². The van der Waals surface area contributed by atoms with E-state index in [0.717, 1.165) is 25.7 Å². The van der Waals surface area contributed by atoms with Crippen LogP contribution in [0.1, 0.15) is 38.5 Å². The van der Waals surface area contributed by atoms with Crippen molar-refractivity contribution in [1.82, 2.24) is 5.32 Å². The molecule has 1 aliphatic carbocycles. The van der Waals surface area contributed by atoms with Crippen molar-refractivity contribution in [3.05, 3.63) is 0 Å². The van der Waals surface area contributed by atoms with Crippen molar-refractivity contribution in [2.75, 3.05) is 19.8 Å². The molecular weight excluding hydrogens is 246 g/mol. The number of nitrogens with one attached hydrogen (secondary N) is 1. The summed E-state index contributed by atoms with van der Waals surface area (Å²) in [5, 5.41) is 12.1. The molecule has 1 aliphatic heterocycles. The molecule has 5 heteroatoms. The molecule has 2 aliphatic rings. The number of rotatable bonds is 6. The highest BCUT2D eigenvalue weighted by molar-refractivity contribution is 5.77. The van der Waals surface area contributed by atoms with Gasteiger partial charge in [0, 0.05) is 26.2 Å². The van der Waals surface area contributed by atoms with E-state index in [0.29, 0.717) is 25.6 Å². The summed E-state index contributed by atoms with van der Waals surface area (Å²) in [7, 11) is 0. The molecule has 0 aromatic carbocycles. The molecule has 0 bridgehead atoms.